The van der Waals surface area contributed by atoms with Gasteiger partial charge in [0.15, 0.2) is 5.11 Å². The van der Waals surface area contributed by atoms with Crippen LogP contribution in [0.5, 0.6) is 5.75 Å². The molecule has 1 fully saturated rings. The lowest BCUT2D eigenvalue weighted by atomic mass is 10.0. The average Bonchev–Trinajstić information content (AvgIpc) is 3.44. The molecule has 0 aliphatic carbocycles. The van der Waals surface area contributed by atoms with Gasteiger partial charge in [-0.05, 0) is 72.9 Å². The molecule has 0 unspecified atom stereocenters. The smallest absolute Gasteiger partial charge is 0.269 e. The van der Waals surface area contributed by atoms with Crippen molar-refractivity contribution in [2.75, 3.05) is 4.90 Å². The maximum Gasteiger partial charge on any atom is 0.269 e. The molecular weight excluding hydrogens is 438 g/mol. The van der Waals surface area contributed by atoms with Crippen LogP contribution in [0.15, 0.2) is 91.3 Å². The number of non-ortho nitro benzene ring substituents is 1. The number of hydrogen-bond acceptors (Lipinski definition) is 5. The summed E-state index contributed by atoms with van der Waals surface area (Å²) < 4.78 is 1.99. The number of benzene rings is 2. The Kier molecular flexibility index (Phi) is 5.23. The first kappa shape index (κ1) is 20.7. The van der Waals surface area contributed by atoms with Crippen molar-refractivity contribution >= 4 is 28.7 Å². The van der Waals surface area contributed by atoms with Crippen molar-refractivity contribution in [1.82, 2.24) is 14.9 Å². The number of phenolic OH excluding ortho intramolecular Hbond substituents is 1. The Morgan fingerprint density at radius 3 is 2.36 bits per heavy atom. The maximum atomic E-state index is 11.1. The van der Waals surface area contributed by atoms with E-state index in [9.17, 15) is 15.2 Å². The fourth-order valence-corrected chi connectivity index (χ4v) is 4.50. The predicted octanol–water partition coefficient (Wildman–Crippen LogP) is 4.66. The van der Waals surface area contributed by atoms with Crippen molar-refractivity contribution in [3.05, 3.63) is 113 Å². The Bertz CT molecular complexity index is 1310. The molecule has 4 aromatic rings. The van der Waals surface area contributed by atoms with E-state index in [1.54, 1.807) is 30.5 Å². The third kappa shape index (κ3) is 3.79. The number of nitrogens with zero attached hydrogens (tertiary/aromatic N) is 4. The molecule has 9 heteroatoms. The molecule has 1 aliphatic heterocycles. The van der Waals surface area contributed by atoms with Crippen molar-refractivity contribution in [2.45, 2.75) is 12.1 Å². The van der Waals surface area contributed by atoms with Crippen LogP contribution in [0.3, 0.4) is 0 Å². The summed E-state index contributed by atoms with van der Waals surface area (Å²) in [5, 5.41) is 24.8. The second-order valence-corrected chi connectivity index (χ2v) is 7.98. The second kappa shape index (κ2) is 8.36. The lowest BCUT2D eigenvalue weighted by Gasteiger charge is -2.29. The monoisotopic (exact) mass is 457 g/mol. The van der Waals surface area contributed by atoms with E-state index in [0.717, 1.165) is 22.8 Å². The zero-order valence-electron chi connectivity index (χ0n) is 17.3. The first-order valence-corrected chi connectivity index (χ1v) is 10.7. The minimum atomic E-state index is -0.413. The molecule has 0 bridgehead atoms. The van der Waals surface area contributed by atoms with Gasteiger partial charge in [-0.3, -0.25) is 15.1 Å². The molecule has 2 aromatic carbocycles. The van der Waals surface area contributed by atoms with E-state index in [1.165, 1.54) is 12.1 Å². The van der Waals surface area contributed by atoms with E-state index in [2.05, 4.69) is 10.3 Å². The molecule has 2 aromatic heterocycles. The summed E-state index contributed by atoms with van der Waals surface area (Å²) >= 11 is 5.73. The molecule has 5 rings (SSSR count). The van der Waals surface area contributed by atoms with Gasteiger partial charge >= 0.3 is 0 Å². The van der Waals surface area contributed by atoms with Crippen LogP contribution in [0.4, 0.5) is 11.4 Å². The first-order valence-electron chi connectivity index (χ1n) is 10.2. The number of aromatic hydroxyl groups is 1. The molecule has 0 amide bonds. The van der Waals surface area contributed by atoms with Crippen LogP contribution in [0, 0.1) is 10.1 Å². The van der Waals surface area contributed by atoms with Crippen LogP contribution in [-0.4, -0.2) is 24.7 Å². The molecule has 3 heterocycles. The van der Waals surface area contributed by atoms with Crippen molar-refractivity contribution in [2.24, 2.45) is 0 Å². The Balaban J connectivity index is 1.63. The van der Waals surface area contributed by atoms with Gasteiger partial charge in [-0.15, -0.1) is 0 Å². The number of rotatable bonds is 5. The molecule has 8 nitrogen and oxygen atoms in total. The summed E-state index contributed by atoms with van der Waals surface area (Å²) in [5.41, 5.74) is 3.42. The number of pyridine rings is 1. The van der Waals surface area contributed by atoms with Gasteiger partial charge < -0.3 is 19.9 Å². The molecule has 0 spiro atoms. The molecule has 0 radical (unpaired) electrons. The Hall–Kier alpha value is -4.24. The van der Waals surface area contributed by atoms with Gasteiger partial charge in [0.1, 0.15) is 11.8 Å². The third-order valence-electron chi connectivity index (χ3n) is 5.65. The molecule has 33 heavy (non-hydrogen) atoms. The highest BCUT2D eigenvalue weighted by atomic mass is 32.1. The molecule has 0 saturated carbocycles. The highest BCUT2D eigenvalue weighted by Gasteiger charge is 2.42. The standard InChI is InChI=1S/C24H19N5O3S/c30-19-12-10-17(11-13-19)28-23(22(26-24(28)33)20-4-1-2-14-25-20)21-5-3-15-27(21)16-6-8-18(9-7-16)29(31)32/h1-15,22-23,30H,(H,26,33)/t22-,23+/m0/s1. The summed E-state index contributed by atoms with van der Waals surface area (Å²) in [7, 11) is 0. The third-order valence-corrected chi connectivity index (χ3v) is 5.96. The predicted molar refractivity (Wildman–Crippen MR) is 128 cm³/mol. The molecule has 1 saturated heterocycles. The molecule has 164 valence electrons. The molecule has 2 atom stereocenters. The van der Waals surface area contributed by atoms with Crippen molar-refractivity contribution in [3.8, 4) is 11.4 Å². The number of hydrogen-bond donors (Lipinski definition) is 2. The van der Waals surface area contributed by atoms with E-state index in [1.807, 2.05) is 58.1 Å². The van der Waals surface area contributed by atoms with Crippen LogP contribution in [0.25, 0.3) is 5.69 Å². The summed E-state index contributed by atoms with van der Waals surface area (Å²) in [6.45, 7) is 0. The van der Waals surface area contributed by atoms with E-state index >= 15 is 0 Å². The Morgan fingerprint density at radius 2 is 1.70 bits per heavy atom. The highest BCUT2D eigenvalue weighted by molar-refractivity contribution is 7.80. The zero-order chi connectivity index (χ0) is 22.9. The second-order valence-electron chi connectivity index (χ2n) is 7.59. The van der Waals surface area contributed by atoms with Crippen molar-refractivity contribution in [1.29, 1.82) is 0 Å². The highest BCUT2D eigenvalue weighted by Crippen LogP contribution is 2.42. The van der Waals surface area contributed by atoms with Crippen LogP contribution in [0.2, 0.25) is 0 Å². The summed E-state index contributed by atoms with van der Waals surface area (Å²) in [6.07, 6.45) is 3.66. The van der Waals surface area contributed by atoms with E-state index in [0.29, 0.717) is 5.11 Å². The fraction of sp³-hybridized carbons (Fsp3) is 0.0833. The van der Waals surface area contributed by atoms with Crippen LogP contribution in [0.1, 0.15) is 23.5 Å². The van der Waals surface area contributed by atoms with E-state index in [4.69, 9.17) is 12.2 Å². The first-order chi connectivity index (χ1) is 16.0. The zero-order valence-corrected chi connectivity index (χ0v) is 18.1. The maximum absolute atomic E-state index is 11.1. The fourth-order valence-electron chi connectivity index (χ4n) is 4.15. The molecular formula is C24H19N5O3S. The molecule has 2 N–H and O–H groups in total. The summed E-state index contributed by atoms with van der Waals surface area (Å²) in [4.78, 5) is 17.2. The lowest BCUT2D eigenvalue weighted by molar-refractivity contribution is -0.384. The minimum Gasteiger partial charge on any atom is -0.508 e. The van der Waals surface area contributed by atoms with Crippen LogP contribution >= 0.6 is 12.2 Å². The van der Waals surface area contributed by atoms with Crippen LogP contribution in [-0.2, 0) is 0 Å². The van der Waals surface area contributed by atoms with Crippen molar-refractivity contribution < 1.29 is 10.0 Å². The molecule has 1 aliphatic rings. The number of phenols is 1. The van der Waals surface area contributed by atoms with Gasteiger partial charge in [-0.1, -0.05) is 6.07 Å². The number of nitrogens with one attached hydrogen (secondary N) is 1. The Morgan fingerprint density at radius 1 is 0.970 bits per heavy atom. The number of aromatic nitrogens is 2. The van der Waals surface area contributed by atoms with E-state index in [-0.39, 0.29) is 23.5 Å². The van der Waals surface area contributed by atoms with Gasteiger partial charge in [0.05, 0.1) is 16.7 Å². The number of nitro benzene ring substituents is 1. The normalized spacial score (nSPS) is 17.7. The topological polar surface area (TPSA) is 96.5 Å². The van der Waals surface area contributed by atoms with Gasteiger partial charge in [-0.25, -0.2) is 0 Å². The number of anilines is 1. The van der Waals surface area contributed by atoms with Crippen molar-refractivity contribution in [3.63, 3.8) is 0 Å². The Labute approximate surface area is 194 Å². The van der Waals surface area contributed by atoms with Crippen LogP contribution < -0.4 is 10.2 Å². The average molecular weight is 458 g/mol. The van der Waals surface area contributed by atoms with Gasteiger partial charge in [0, 0.05) is 41.6 Å². The quantitative estimate of drug-likeness (QED) is 0.256. The largest absolute Gasteiger partial charge is 0.508 e. The summed E-state index contributed by atoms with van der Waals surface area (Å²) in [5.74, 6) is 0.170. The SMILES string of the molecule is O=[N+]([O-])c1ccc(-n2cccc2[C@@H]2[C@H](c3ccccn3)NC(=S)N2c2ccc(O)cc2)cc1. The van der Waals surface area contributed by atoms with Gasteiger partial charge in [-0.2, -0.15) is 0 Å². The number of nitro groups is 1. The summed E-state index contributed by atoms with van der Waals surface area (Å²) in [6, 6.07) is 22.5. The number of thiocarbonyl (C=S) groups is 1. The minimum absolute atomic E-state index is 0.0354. The van der Waals surface area contributed by atoms with Gasteiger partial charge in [0.2, 0.25) is 0 Å². The van der Waals surface area contributed by atoms with E-state index < -0.39 is 4.92 Å². The van der Waals surface area contributed by atoms with Gasteiger partial charge in [0.25, 0.3) is 5.69 Å². The lowest BCUT2D eigenvalue weighted by Crippen LogP contribution is -2.30.